The maximum Gasteiger partial charge on any atom is 0.0590 e. The van der Waals surface area contributed by atoms with Crippen LogP contribution < -0.4 is 0 Å². The lowest BCUT2D eigenvalue weighted by Crippen LogP contribution is -2.23. The third-order valence-corrected chi connectivity index (χ3v) is 8.31. The molecule has 0 radical (unpaired) electrons. The fourth-order valence-electron chi connectivity index (χ4n) is 5.61. The normalized spacial score (nSPS) is 13.3. The van der Waals surface area contributed by atoms with E-state index in [0.29, 0.717) is 0 Å². The predicted octanol–water partition coefficient (Wildman–Crippen LogP) is 11.3. The molecule has 0 rings (SSSR count). The van der Waals surface area contributed by atoms with Crippen LogP contribution in [0.2, 0.25) is 0 Å². The first-order valence-electron chi connectivity index (χ1n) is 17.0. The second kappa shape index (κ2) is 31.1. The third kappa shape index (κ3) is 27.0. The van der Waals surface area contributed by atoms with Crippen molar-refractivity contribution in [1.29, 1.82) is 0 Å². The molecule has 2 N–H and O–H groups in total. The quantitative estimate of drug-likeness (QED) is 0.0910. The van der Waals surface area contributed by atoms with Crippen molar-refractivity contribution in [2.24, 2.45) is 5.92 Å². The van der Waals surface area contributed by atoms with E-state index in [2.05, 4.69) is 13.8 Å². The van der Waals surface area contributed by atoms with Gasteiger partial charge < -0.3 is 10.2 Å². The van der Waals surface area contributed by atoms with Gasteiger partial charge in [-0.1, -0.05) is 187 Å². The maximum atomic E-state index is 10.5. The van der Waals surface area contributed by atoms with Crippen LogP contribution in [0.5, 0.6) is 0 Å². The first kappa shape index (κ1) is 35.9. The molecule has 0 aliphatic rings. The highest BCUT2D eigenvalue weighted by Gasteiger charge is 2.17. The summed E-state index contributed by atoms with van der Waals surface area (Å²) in [4.78, 5) is 0. The molecule has 2 atom stereocenters. The van der Waals surface area contributed by atoms with E-state index in [4.69, 9.17) is 0 Å². The van der Waals surface area contributed by atoms with Gasteiger partial charge in [0.15, 0.2) is 0 Å². The van der Waals surface area contributed by atoms with Crippen LogP contribution in [0.4, 0.5) is 0 Å². The lowest BCUT2D eigenvalue weighted by atomic mass is 9.92. The zero-order valence-electron chi connectivity index (χ0n) is 25.3. The highest BCUT2D eigenvalue weighted by Crippen LogP contribution is 2.20. The lowest BCUT2D eigenvalue weighted by molar-refractivity contribution is 0.0528. The van der Waals surface area contributed by atoms with Gasteiger partial charge in [-0.05, 0) is 12.8 Å². The second-order valence-corrected chi connectivity index (χ2v) is 11.9. The Morgan fingerprint density at radius 2 is 0.611 bits per heavy atom. The topological polar surface area (TPSA) is 40.5 Å². The number of hydrogen-bond donors (Lipinski definition) is 2. The minimum absolute atomic E-state index is 0.0970. The Morgan fingerprint density at radius 3 is 0.889 bits per heavy atom. The molecular formula is C34H70O2. The van der Waals surface area contributed by atoms with Gasteiger partial charge in [0.1, 0.15) is 0 Å². The number of unbranched alkanes of at least 4 members (excludes halogenated alkanes) is 25. The van der Waals surface area contributed by atoms with Gasteiger partial charge in [-0.2, -0.15) is 0 Å². The fourth-order valence-corrected chi connectivity index (χ4v) is 5.61. The molecule has 0 aromatic carbocycles. The Bertz CT molecular complexity index is 383. The van der Waals surface area contributed by atoms with Crippen LogP contribution in [0.3, 0.4) is 0 Å². The van der Waals surface area contributed by atoms with Crippen LogP contribution in [0, 0.1) is 5.92 Å². The van der Waals surface area contributed by atoms with Gasteiger partial charge in [0, 0.05) is 12.5 Å². The van der Waals surface area contributed by atoms with Crippen LogP contribution >= 0.6 is 0 Å². The molecule has 2 heteroatoms. The highest BCUT2D eigenvalue weighted by atomic mass is 16.3. The summed E-state index contributed by atoms with van der Waals surface area (Å²) in [5, 5.41) is 20.3. The second-order valence-electron chi connectivity index (χ2n) is 11.9. The minimum Gasteiger partial charge on any atom is -0.396 e. The average Bonchev–Trinajstić information content (AvgIpc) is 2.89. The van der Waals surface area contributed by atoms with Crippen LogP contribution in [0.1, 0.15) is 200 Å². The molecule has 0 amide bonds. The smallest absolute Gasteiger partial charge is 0.0590 e. The molecule has 0 aromatic heterocycles. The molecule has 0 aliphatic carbocycles. The van der Waals surface area contributed by atoms with E-state index in [-0.39, 0.29) is 18.6 Å². The van der Waals surface area contributed by atoms with E-state index in [1.165, 1.54) is 167 Å². The molecule has 0 aromatic rings. The van der Waals surface area contributed by atoms with E-state index in [0.717, 1.165) is 19.3 Å². The van der Waals surface area contributed by atoms with Crippen LogP contribution in [-0.2, 0) is 0 Å². The Kier molecular flexibility index (Phi) is 31.1. The van der Waals surface area contributed by atoms with Crippen LogP contribution in [-0.4, -0.2) is 22.9 Å². The first-order valence-corrected chi connectivity index (χ1v) is 17.0. The summed E-state index contributed by atoms with van der Waals surface area (Å²) in [7, 11) is 0. The molecule has 36 heavy (non-hydrogen) atoms. The van der Waals surface area contributed by atoms with Crippen LogP contribution in [0.25, 0.3) is 0 Å². The summed E-state index contributed by atoms with van der Waals surface area (Å²) in [6.07, 6.45) is 38.6. The summed E-state index contributed by atoms with van der Waals surface area (Å²) < 4.78 is 0. The van der Waals surface area contributed by atoms with E-state index in [1.54, 1.807) is 0 Å². The fraction of sp³-hybridized carbons (Fsp3) is 1.00. The Labute approximate surface area is 228 Å². The molecule has 0 fully saturated rings. The highest BCUT2D eigenvalue weighted by molar-refractivity contribution is 4.69. The zero-order valence-corrected chi connectivity index (χ0v) is 25.3. The minimum atomic E-state index is -0.301. The van der Waals surface area contributed by atoms with Gasteiger partial charge in [-0.3, -0.25) is 0 Å². The number of rotatable bonds is 31. The van der Waals surface area contributed by atoms with E-state index in [1.807, 2.05) is 0 Å². The van der Waals surface area contributed by atoms with Crippen molar-refractivity contribution in [3.8, 4) is 0 Å². The Hall–Kier alpha value is -0.0800. The Balaban J connectivity index is 3.39. The van der Waals surface area contributed by atoms with Crippen molar-refractivity contribution in [1.82, 2.24) is 0 Å². The molecule has 0 saturated heterocycles. The van der Waals surface area contributed by atoms with Crippen molar-refractivity contribution >= 4 is 0 Å². The molecule has 0 bridgehead atoms. The van der Waals surface area contributed by atoms with Crippen molar-refractivity contribution in [3.63, 3.8) is 0 Å². The van der Waals surface area contributed by atoms with Crippen molar-refractivity contribution in [3.05, 3.63) is 0 Å². The molecule has 218 valence electrons. The SMILES string of the molecule is CCCCCCCCCCCCCCCCCC[C@H](CO)[C@@H](O)CCCCCCCCCCCCC. The Morgan fingerprint density at radius 1 is 0.361 bits per heavy atom. The van der Waals surface area contributed by atoms with E-state index in [9.17, 15) is 10.2 Å². The molecular weight excluding hydrogens is 440 g/mol. The van der Waals surface area contributed by atoms with Crippen molar-refractivity contribution in [2.45, 2.75) is 206 Å². The average molecular weight is 511 g/mol. The zero-order chi connectivity index (χ0) is 26.4. The van der Waals surface area contributed by atoms with E-state index < -0.39 is 0 Å². The monoisotopic (exact) mass is 511 g/mol. The van der Waals surface area contributed by atoms with Gasteiger partial charge in [0.25, 0.3) is 0 Å². The summed E-state index contributed by atoms with van der Waals surface area (Å²) in [6, 6.07) is 0. The standard InChI is InChI=1S/C34H70O2/c1-3-5-7-9-11-13-15-16-17-18-19-21-22-24-26-28-30-33(32-35)34(36)31-29-27-25-23-20-14-12-10-8-6-4-2/h33-36H,3-32H2,1-2H3/t33-,34+/m1/s1. The number of hydrogen-bond acceptors (Lipinski definition) is 2. The summed E-state index contributed by atoms with van der Waals surface area (Å²) in [5.41, 5.74) is 0. The van der Waals surface area contributed by atoms with Gasteiger partial charge in [0.05, 0.1) is 6.10 Å². The summed E-state index contributed by atoms with van der Waals surface area (Å²) in [6.45, 7) is 4.72. The number of aliphatic hydroxyl groups excluding tert-OH is 2. The first-order chi connectivity index (χ1) is 17.8. The maximum absolute atomic E-state index is 10.5. The number of aliphatic hydroxyl groups is 2. The summed E-state index contributed by atoms with van der Waals surface area (Å²) >= 11 is 0. The van der Waals surface area contributed by atoms with Crippen molar-refractivity contribution in [2.75, 3.05) is 6.61 Å². The largest absolute Gasteiger partial charge is 0.396 e. The molecule has 0 spiro atoms. The van der Waals surface area contributed by atoms with Crippen molar-refractivity contribution < 1.29 is 10.2 Å². The van der Waals surface area contributed by atoms with Gasteiger partial charge >= 0.3 is 0 Å². The molecule has 0 heterocycles. The summed E-state index contributed by atoms with van der Waals surface area (Å²) in [5.74, 6) is 0.0970. The van der Waals surface area contributed by atoms with Gasteiger partial charge in [-0.15, -0.1) is 0 Å². The molecule has 0 saturated carbocycles. The molecule has 2 nitrogen and oxygen atoms in total. The van der Waals surface area contributed by atoms with Gasteiger partial charge in [-0.25, -0.2) is 0 Å². The third-order valence-electron chi connectivity index (χ3n) is 8.31. The van der Waals surface area contributed by atoms with E-state index >= 15 is 0 Å². The molecule has 0 unspecified atom stereocenters. The molecule has 0 aliphatic heterocycles. The van der Waals surface area contributed by atoms with Gasteiger partial charge in [0.2, 0.25) is 0 Å². The van der Waals surface area contributed by atoms with Crippen LogP contribution in [0.15, 0.2) is 0 Å². The predicted molar refractivity (Wildman–Crippen MR) is 162 cm³/mol. The lowest BCUT2D eigenvalue weighted by Gasteiger charge is -2.21.